The summed E-state index contributed by atoms with van der Waals surface area (Å²) in [7, 11) is 0. The molecule has 0 heterocycles. The molecule has 30 heavy (non-hydrogen) atoms. The first-order valence-corrected chi connectivity index (χ1v) is 14.2. The highest BCUT2D eigenvalue weighted by Crippen LogP contribution is 2.22. The van der Waals surface area contributed by atoms with Crippen molar-refractivity contribution in [3.05, 3.63) is 0 Å². The molecule has 0 spiro atoms. The largest absolute Gasteiger partial charge is 0.107 e. The summed E-state index contributed by atoms with van der Waals surface area (Å²) in [4.78, 5) is 0. The van der Waals surface area contributed by atoms with Gasteiger partial charge in [0.1, 0.15) is 0 Å². The van der Waals surface area contributed by atoms with Gasteiger partial charge in [-0.2, -0.15) is 0 Å². The van der Waals surface area contributed by atoms with E-state index in [4.69, 9.17) is 0 Å². The highest BCUT2D eigenvalue weighted by Gasteiger charge is 2.06. The van der Waals surface area contributed by atoms with E-state index in [0.29, 0.717) is 0 Å². The molecule has 0 N–H and O–H groups in total. The van der Waals surface area contributed by atoms with Gasteiger partial charge in [-0.05, 0) is 19.3 Å². The summed E-state index contributed by atoms with van der Waals surface area (Å²) in [5.41, 5.74) is 0. The van der Waals surface area contributed by atoms with Crippen LogP contribution in [0.5, 0.6) is 0 Å². The van der Waals surface area contributed by atoms with E-state index in [1.165, 1.54) is 148 Å². The van der Waals surface area contributed by atoms with Gasteiger partial charge in [-0.3, -0.25) is 0 Å². The van der Waals surface area contributed by atoms with Crippen molar-refractivity contribution in [2.75, 3.05) is 0 Å². The minimum absolute atomic E-state index is 1.01. The Morgan fingerprint density at radius 1 is 0.467 bits per heavy atom. The fraction of sp³-hybridized carbons (Fsp3) is 0.933. The Labute approximate surface area is 192 Å². The normalized spacial score (nSPS) is 12.0. The maximum Gasteiger partial charge on any atom is 0.00885 e. The predicted molar refractivity (Wildman–Crippen MR) is 139 cm³/mol. The number of rotatable bonds is 24. The molecular weight excluding hydrogens is 360 g/mol. The zero-order valence-corrected chi connectivity index (χ0v) is 21.5. The van der Waals surface area contributed by atoms with Crippen LogP contribution in [0.25, 0.3) is 0 Å². The molecule has 0 aromatic rings. The molecule has 0 aliphatic carbocycles. The molecule has 0 bridgehead atoms. The standard InChI is InChI=1S/C30H58/c1-4-7-9-11-13-15-16-17-18-19-21-23-25-27-29-30(6-3)28-26-24-22-20-14-12-10-8-5-2/h30H,5-6,8-29H2,1-3H3. The lowest BCUT2D eigenvalue weighted by Crippen LogP contribution is -1.99. The van der Waals surface area contributed by atoms with Gasteiger partial charge in [-0.25, -0.2) is 0 Å². The SMILES string of the molecule is CC#CCCCCCCCCCCCCCC(CC)CCCCCCCCCCC. The van der Waals surface area contributed by atoms with Crippen LogP contribution in [-0.2, 0) is 0 Å². The molecule has 0 aromatic carbocycles. The summed E-state index contributed by atoms with van der Waals surface area (Å²) in [6.45, 7) is 6.66. The summed E-state index contributed by atoms with van der Waals surface area (Å²) in [6, 6.07) is 0. The smallest absolute Gasteiger partial charge is 0.00885 e. The highest BCUT2D eigenvalue weighted by atomic mass is 14.1. The van der Waals surface area contributed by atoms with E-state index in [-0.39, 0.29) is 0 Å². The minimum atomic E-state index is 1.01. The average Bonchev–Trinajstić information content (AvgIpc) is 2.76. The molecule has 1 unspecified atom stereocenters. The third-order valence-electron chi connectivity index (χ3n) is 6.88. The van der Waals surface area contributed by atoms with Crippen molar-refractivity contribution >= 4 is 0 Å². The van der Waals surface area contributed by atoms with E-state index in [1.807, 2.05) is 6.92 Å². The van der Waals surface area contributed by atoms with Crippen molar-refractivity contribution in [1.29, 1.82) is 0 Å². The maximum absolute atomic E-state index is 3.17. The van der Waals surface area contributed by atoms with Crippen LogP contribution < -0.4 is 0 Å². The second kappa shape index (κ2) is 26.6. The number of hydrogen-bond donors (Lipinski definition) is 0. The van der Waals surface area contributed by atoms with Crippen molar-refractivity contribution in [3.8, 4) is 11.8 Å². The Morgan fingerprint density at radius 2 is 0.833 bits per heavy atom. The monoisotopic (exact) mass is 418 g/mol. The van der Waals surface area contributed by atoms with Gasteiger partial charge in [0.15, 0.2) is 0 Å². The van der Waals surface area contributed by atoms with Gasteiger partial charge in [-0.1, -0.05) is 155 Å². The van der Waals surface area contributed by atoms with Gasteiger partial charge < -0.3 is 0 Å². The molecule has 0 radical (unpaired) electrons. The van der Waals surface area contributed by atoms with Crippen molar-refractivity contribution in [2.45, 2.75) is 175 Å². The van der Waals surface area contributed by atoms with E-state index in [2.05, 4.69) is 25.7 Å². The second-order valence-electron chi connectivity index (χ2n) is 9.75. The molecule has 1 atom stereocenters. The Morgan fingerprint density at radius 3 is 1.20 bits per heavy atom. The molecule has 0 aliphatic rings. The fourth-order valence-electron chi connectivity index (χ4n) is 4.66. The van der Waals surface area contributed by atoms with E-state index in [0.717, 1.165) is 12.3 Å². The van der Waals surface area contributed by atoms with Crippen molar-refractivity contribution in [2.24, 2.45) is 5.92 Å². The third-order valence-corrected chi connectivity index (χ3v) is 6.88. The van der Waals surface area contributed by atoms with Gasteiger partial charge in [0.05, 0.1) is 0 Å². The van der Waals surface area contributed by atoms with E-state index in [1.54, 1.807) is 0 Å². The highest BCUT2D eigenvalue weighted by molar-refractivity contribution is 4.94. The van der Waals surface area contributed by atoms with Crippen molar-refractivity contribution in [3.63, 3.8) is 0 Å². The molecule has 0 saturated heterocycles. The molecular formula is C30H58. The van der Waals surface area contributed by atoms with Crippen LogP contribution in [-0.4, -0.2) is 0 Å². The quantitative estimate of drug-likeness (QED) is 0.108. The van der Waals surface area contributed by atoms with E-state index >= 15 is 0 Å². The lowest BCUT2D eigenvalue weighted by atomic mass is 9.92. The lowest BCUT2D eigenvalue weighted by Gasteiger charge is -2.14. The van der Waals surface area contributed by atoms with Crippen LogP contribution in [0.4, 0.5) is 0 Å². The van der Waals surface area contributed by atoms with Crippen molar-refractivity contribution in [1.82, 2.24) is 0 Å². The summed E-state index contributed by atoms with van der Waals surface area (Å²) in [6.07, 6.45) is 34.5. The summed E-state index contributed by atoms with van der Waals surface area (Å²) >= 11 is 0. The summed E-state index contributed by atoms with van der Waals surface area (Å²) in [5, 5.41) is 0. The Hall–Kier alpha value is -0.440. The van der Waals surface area contributed by atoms with Crippen LogP contribution in [0.3, 0.4) is 0 Å². The molecule has 0 aliphatic heterocycles. The summed E-state index contributed by atoms with van der Waals surface area (Å²) in [5.74, 6) is 7.17. The molecule has 0 saturated carbocycles. The van der Waals surface area contributed by atoms with E-state index < -0.39 is 0 Å². The van der Waals surface area contributed by atoms with Gasteiger partial charge >= 0.3 is 0 Å². The Kier molecular flexibility index (Phi) is 26.2. The molecule has 0 fully saturated rings. The maximum atomic E-state index is 3.17. The van der Waals surface area contributed by atoms with Crippen molar-refractivity contribution < 1.29 is 0 Å². The van der Waals surface area contributed by atoms with Gasteiger partial charge in [0.25, 0.3) is 0 Å². The predicted octanol–water partition coefficient (Wildman–Crippen LogP) is 11.0. The molecule has 178 valence electrons. The fourth-order valence-corrected chi connectivity index (χ4v) is 4.66. The van der Waals surface area contributed by atoms with Crippen LogP contribution in [0.1, 0.15) is 175 Å². The second-order valence-corrected chi connectivity index (χ2v) is 9.75. The van der Waals surface area contributed by atoms with Crippen LogP contribution in [0, 0.1) is 17.8 Å². The molecule has 0 nitrogen and oxygen atoms in total. The zero-order chi connectivity index (χ0) is 22.0. The molecule has 0 amide bonds. The topological polar surface area (TPSA) is 0 Å². The first-order chi connectivity index (χ1) is 14.8. The number of unbranched alkanes of at least 4 members (excludes halogenated alkanes) is 19. The first kappa shape index (κ1) is 29.6. The zero-order valence-electron chi connectivity index (χ0n) is 21.5. The first-order valence-electron chi connectivity index (χ1n) is 14.2. The van der Waals surface area contributed by atoms with Crippen LogP contribution >= 0.6 is 0 Å². The minimum Gasteiger partial charge on any atom is -0.107 e. The molecule has 0 heteroatoms. The van der Waals surface area contributed by atoms with Crippen LogP contribution in [0.15, 0.2) is 0 Å². The lowest BCUT2D eigenvalue weighted by molar-refractivity contribution is 0.392. The third kappa shape index (κ3) is 23.8. The van der Waals surface area contributed by atoms with Gasteiger partial charge in [0.2, 0.25) is 0 Å². The summed E-state index contributed by atoms with van der Waals surface area (Å²) < 4.78 is 0. The van der Waals surface area contributed by atoms with Crippen LogP contribution in [0.2, 0.25) is 0 Å². The average molecular weight is 419 g/mol. The molecule has 0 rings (SSSR count). The number of hydrogen-bond acceptors (Lipinski definition) is 0. The van der Waals surface area contributed by atoms with Gasteiger partial charge in [-0.15, -0.1) is 11.8 Å². The Bertz CT molecular complexity index is 358. The van der Waals surface area contributed by atoms with Gasteiger partial charge in [0, 0.05) is 6.42 Å². The van der Waals surface area contributed by atoms with E-state index in [9.17, 15) is 0 Å². The Balaban J connectivity index is 3.27. The molecule has 0 aromatic heterocycles.